The zero-order valence-corrected chi connectivity index (χ0v) is 6.15. The fourth-order valence-electron chi connectivity index (χ4n) is 0.746. The van der Waals surface area contributed by atoms with Crippen molar-refractivity contribution in [1.82, 2.24) is 14.8 Å². The van der Waals surface area contributed by atoms with Crippen LogP contribution in [-0.4, -0.2) is 14.8 Å². The number of hydrogen-bond acceptors (Lipinski definition) is 4. The molecular formula is C6H6N4O2. The molecule has 1 heterocycles. The molecule has 0 bridgehead atoms. The van der Waals surface area contributed by atoms with Gasteiger partial charge in [0, 0.05) is 6.54 Å². The second-order valence-electron chi connectivity index (χ2n) is 2.07. The van der Waals surface area contributed by atoms with Gasteiger partial charge in [-0.1, -0.05) is 0 Å². The fraction of sp³-hybridized carbons (Fsp3) is 0.333. The standard InChI is InChI=1S/C6H6N4O2/c7-2-1-3-10-5(11)4-8-9-6(10)12/h4H,1,3H2,(H,9,12). The molecule has 6 nitrogen and oxygen atoms in total. The van der Waals surface area contributed by atoms with E-state index in [9.17, 15) is 9.59 Å². The number of aromatic nitrogens is 3. The van der Waals surface area contributed by atoms with E-state index in [0.29, 0.717) is 0 Å². The second kappa shape index (κ2) is 3.48. The first-order chi connectivity index (χ1) is 5.75. The summed E-state index contributed by atoms with van der Waals surface area (Å²) in [7, 11) is 0. The van der Waals surface area contributed by atoms with Gasteiger partial charge in [-0.05, 0) is 0 Å². The van der Waals surface area contributed by atoms with Crippen LogP contribution in [0.25, 0.3) is 0 Å². The number of aromatic amines is 1. The highest BCUT2D eigenvalue weighted by molar-refractivity contribution is 4.76. The van der Waals surface area contributed by atoms with Crippen LogP contribution in [0.1, 0.15) is 6.42 Å². The van der Waals surface area contributed by atoms with Gasteiger partial charge in [0.1, 0.15) is 6.20 Å². The molecule has 1 aromatic rings. The molecule has 0 unspecified atom stereocenters. The lowest BCUT2D eigenvalue weighted by molar-refractivity contribution is 0.618. The Balaban J connectivity index is 3.07. The van der Waals surface area contributed by atoms with Crippen molar-refractivity contribution in [2.45, 2.75) is 13.0 Å². The second-order valence-corrected chi connectivity index (χ2v) is 2.07. The first-order valence-electron chi connectivity index (χ1n) is 3.27. The topological polar surface area (TPSA) is 91.5 Å². The van der Waals surface area contributed by atoms with Gasteiger partial charge in [0.25, 0.3) is 5.56 Å². The van der Waals surface area contributed by atoms with Gasteiger partial charge in [-0.15, -0.1) is 0 Å². The molecule has 12 heavy (non-hydrogen) atoms. The maximum absolute atomic E-state index is 10.9. The largest absolute Gasteiger partial charge is 0.344 e. The first-order valence-corrected chi connectivity index (χ1v) is 3.27. The molecule has 6 heteroatoms. The van der Waals surface area contributed by atoms with Crippen molar-refractivity contribution < 1.29 is 0 Å². The van der Waals surface area contributed by atoms with Gasteiger partial charge in [-0.25, -0.2) is 9.89 Å². The van der Waals surface area contributed by atoms with Gasteiger partial charge in [0.05, 0.1) is 12.5 Å². The lowest BCUT2D eigenvalue weighted by Crippen LogP contribution is -2.35. The average molecular weight is 166 g/mol. The quantitative estimate of drug-likeness (QED) is 0.600. The third-order valence-electron chi connectivity index (χ3n) is 1.29. The molecular weight excluding hydrogens is 160 g/mol. The van der Waals surface area contributed by atoms with Crippen LogP contribution < -0.4 is 11.2 Å². The molecule has 1 aromatic heterocycles. The van der Waals surface area contributed by atoms with E-state index in [-0.39, 0.29) is 13.0 Å². The predicted octanol–water partition coefficient (Wildman–Crippen LogP) is -1.15. The summed E-state index contributed by atoms with van der Waals surface area (Å²) in [6.45, 7) is 0.104. The molecule has 0 fully saturated rings. The van der Waals surface area contributed by atoms with Crippen LogP contribution >= 0.6 is 0 Å². The van der Waals surface area contributed by atoms with E-state index in [4.69, 9.17) is 5.26 Å². The zero-order chi connectivity index (χ0) is 8.97. The Morgan fingerprint density at radius 3 is 3.00 bits per heavy atom. The van der Waals surface area contributed by atoms with E-state index in [2.05, 4.69) is 10.2 Å². The van der Waals surface area contributed by atoms with Crippen molar-refractivity contribution >= 4 is 0 Å². The Labute approximate surface area is 67.1 Å². The lowest BCUT2D eigenvalue weighted by atomic mass is 10.4. The molecule has 0 saturated carbocycles. The van der Waals surface area contributed by atoms with Crippen LogP contribution in [0, 0.1) is 11.3 Å². The van der Waals surface area contributed by atoms with Crippen LogP contribution in [0.5, 0.6) is 0 Å². The Kier molecular flexibility index (Phi) is 2.38. The van der Waals surface area contributed by atoms with E-state index in [1.54, 1.807) is 0 Å². The number of H-pyrrole nitrogens is 1. The molecule has 0 saturated heterocycles. The Hall–Kier alpha value is -1.90. The highest BCUT2D eigenvalue weighted by atomic mass is 16.2. The van der Waals surface area contributed by atoms with E-state index in [1.165, 1.54) is 0 Å². The molecule has 0 aliphatic heterocycles. The van der Waals surface area contributed by atoms with E-state index in [1.807, 2.05) is 6.07 Å². The van der Waals surface area contributed by atoms with Crippen molar-refractivity contribution in [3.05, 3.63) is 27.0 Å². The minimum absolute atomic E-state index is 0.104. The first kappa shape index (κ1) is 8.20. The monoisotopic (exact) mass is 166 g/mol. The SMILES string of the molecule is N#CCCn1c(=O)cn[nH]c1=O. The minimum Gasteiger partial charge on any atom is -0.267 e. The highest BCUT2D eigenvalue weighted by Gasteiger charge is 1.98. The maximum atomic E-state index is 10.9. The highest BCUT2D eigenvalue weighted by Crippen LogP contribution is 1.76. The molecule has 0 aromatic carbocycles. The van der Waals surface area contributed by atoms with Crippen molar-refractivity contribution in [3.8, 4) is 6.07 Å². The normalized spacial score (nSPS) is 9.25. The van der Waals surface area contributed by atoms with Gasteiger partial charge in [0.2, 0.25) is 0 Å². The van der Waals surface area contributed by atoms with Crippen molar-refractivity contribution in [3.63, 3.8) is 0 Å². The van der Waals surface area contributed by atoms with Crippen LogP contribution in [0.3, 0.4) is 0 Å². The predicted molar refractivity (Wildman–Crippen MR) is 39.3 cm³/mol. The summed E-state index contributed by atoms with van der Waals surface area (Å²) in [6, 6.07) is 1.84. The minimum atomic E-state index is -0.585. The van der Waals surface area contributed by atoms with Crippen LogP contribution in [0.2, 0.25) is 0 Å². The molecule has 0 spiro atoms. The summed E-state index contributed by atoms with van der Waals surface area (Å²) >= 11 is 0. The number of rotatable bonds is 2. The van der Waals surface area contributed by atoms with Gasteiger partial charge in [0.15, 0.2) is 0 Å². The number of nitrogens with zero attached hydrogens (tertiary/aromatic N) is 3. The van der Waals surface area contributed by atoms with E-state index < -0.39 is 11.2 Å². The molecule has 0 radical (unpaired) electrons. The van der Waals surface area contributed by atoms with E-state index >= 15 is 0 Å². The molecule has 0 amide bonds. The molecule has 0 aliphatic rings. The Bertz CT molecular complexity index is 382. The van der Waals surface area contributed by atoms with Gasteiger partial charge >= 0.3 is 5.69 Å². The number of hydrogen-bond donors (Lipinski definition) is 1. The maximum Gasteiger partial charge on any atom is 0.344 e. The van der Waals surface area contributed by atoms with Crippen molar-refractivity contribution in [1.29, 1.82) is 5.26 Å². The zero-order valence-electron chi connectivity index (χ0n) is 6.15. The van der Waals surface area contributed by atoms with Crippen molar-refractivity contribution in [2.24, 2.45) is 0 Å². The molecule has 1 rings (SSSR count). The summed E-state index contributed by atoms with van der Waals surface area (Å²) in [4.78, 5) is 21.8. The van der Waals surface area contributed by atoms with Crippen LogP contribution in [-0.2, 0) is 6.54 Å². The Morgan fingerprint density at radius 2 is 2.42 bits per heavy atom. The average Bonchev–Trinajstić information content (AvgIpc) is 2.04. The van der Waals surface area contributed by atoms with Gasteiger partial charge in [-0.3, -0.25) is 9.36 Å². The smallest absolute Gasteiger partial charge is 0.267 e. The third-order valence-corrected chi connectivity index (χ3v) is 1.29. The van der Waals surface area contributed by atoms with E-state index in [0.717, 1.165) is 10.8 Å². The number of nitrogens with one attached hydrogen (secondary N) is 1. The summed E-state index contributed by atoms with van der Waals surface area (Å²) in [5.41, 5.74) is -1.08. The molecule has 0 aliphatic carbocycles. The van der Waals surface area contributed by atoms with Crippen molar-refractivity contribution in [2.75, 3.05) is 0 Å². The van der Waals surface area contributed by atoms with Gasteiger partial charge < -0.3 is 0 Å². The molecule has 0 atom stereocenters. The molecule has 62 valence electrons. The Morgan fingerprint density at radius 1 is 1.67 bits per heavy atom. The van der Waals surface area contributed by atoms with Gasteiger partial charge in [-0.2, -0.15) is 10.4 Å². The lowest BCUT2D eigenvalue weighted by Gasteiger charge is -1.96. The van der Waals surface area contributed by atoms with Crippen LogP contribution in [0.15, 0.2) is 15.8 Å². The summed E-state index contributed by atoms with van der Waals surface area (Å²) in [5.74, 6) is 0. The summed E-state index contributed by atoms with van der Waals surface area (Å²) in [6.07, 6.45) is 1.13. The summed E-state index contributed by atoms with van der Waals surface area (Å²) in [5, 5.41) is 13.6. The van der Waals surface area contributed by atoms with Crippen LogP contribution in [0.4, 0.5) is 0 Å². The fourth-order valence-corrected chi connectivity index (χ4v) is 0.746. The molecule has 1 N–H and O–H groups in total. The summed E-state index contributed by atoms with van der Waals surface area (Å²) < 4.78 is 0.927. The number of nitriles is 1. The third kappa shape index (κ3) is 1.58.